The molecule has 2 aromatic heterocycles. The van der Waals surface area contributed by atoms with Gasteiger partial charge in [-0.2, -0.15) is 0 Å². The van der Waals surface area contributed by atoms with Crippen LogP contribution in [0, 0.1) is 0 Å². The molecule has 0 fully saturated rings. The number of halogens is 1. The summed E-state index contributed by atoms with van der Waals surface area (Å²) in [6.07, 6.45) is 5.39. The van der Waals surface area contributed by atoms with E-state index in [0.29, 0.717) is 0 Å². The number of hydrogen-bond donors (Lipinski definition) is 1. The minimum Gasteiger partial charge on any atom is -0.469 e. The van der Waals surface area contributed by atoms with Crippen LogP contribution >= 0.6 is 22.9 Å². The van der Waals surface area contributed by atoms with Crippen molar-refractivity contribution < 1.29 is 12.8 Å². The fourth-order valence-corrected chi connectivity index (χ4v) is 4.78. The first-order valence-corrected chi connectivity index (χ1v) is 8.44. The topological polar surface area (TPSA) is 72.2 Å². The fraction of sp³-hybridized carbons (Fsp3) is 0.364. The van der Waals surface area contributed by atoms with Crippen LogP contribution < -0.4 is 4.72 Å². The summed E-state index contributed by atoms with van der Waals surface area (Å²) >= 11 is 6.62. The molecule has 102 valence electrons. The summed E-state index contributed by atoms with van der Waals surface area (Å²) in [4.78, 5) is 3.76. The zero-order valence-corrected chi connectivity index (χ0v) is 12.2. The lowest BCUT2D eigenvalue weighted by Crippen LogP contribution is -2.30. The number of aromatic nitrogens is 1. The number of rotatable bonds is 3. The van der Waals surface area contributed by atoms with E-state index in [4.69, 9.17) is 16.0 Å². The first kappa shape index (κ1) is 13.1. The largest absolute Gasteiger partial charge is 0.469 e. The third-order valence-corrected chi connectivity index (χ3v) is 6.12. The van der Waals surface area contributed by atoms with E-state index in [-0.39, 0.29) is 14.7 Å². The maximum atomic E-state index is 12.2. The van der Waals surface area contributed by atoms with Crippen LogP contribution in [0.3, 0.4) is 0 Å². The third-order valence-electron chi connectivity index (χ3n) is 3.07. The van der Waals surface area contributed by atoms with Gasteiger partial charge in [-0.3, -0.25) is 0 Å². The standard InChI is InChI=1S/C11H11ClN2O3S2/c12-11-13-6-10(18-11)19(15,16)14-8-2-1-3-9-7(8)4-5-17-9/h4-6,8,14H,1-3H2. The van der Waals surface area contributed by atoms with Gasteiger partial charge in [-0.15, -0.1) is 0 Å². The van der Waals surface area contributed by atoms with E-state index >= 15 is 0 Å². The van der Waals surface area contributed by atoms with Gasteiger partial charge in [-0.25, -0.2) is 18.1 Å². The molecule has 0 saturated heterocycles. The lowest BCUT2D eigenvalue weighted by atomic mass is 9.94. The third kappa shape index (κ3) is 2.55. The number of aryl methyl sites for hydroxylation is 1. The van der Waals surface area contributed by atoms with Crippen molar-refractivity contribution >= 4 is 33.0 Å². The van der Waals surface area contributed by atoms with Crippen LogP contribution in [-0.2, 0) is 16.4 Å². The number of fused-ring (bicyclic) bond motifs is 1. The van der Waals surface area contributed by atoms with Crippen LogP contribution in [0.2, 0.25) is 4.47 Å². The number of thiazole rings is 1. The van der Waals surface area contributed by atoms with Crippen LogP contribution in [0.5, 0.6) is 0 Å². The molecule has 0 amide bonds. The van der Waals surface area contributed by atoms with Crippen LogP contribution in [-0.4, -0.2) is 13.4 Å². The van der Waals surface area contributed by atoms with Gasteiger partial charge in [0.25, 0.3) is 10.0 Å². The maximum absolute atomic E-state index is 12.2. The summed E-state index contributed by atoms with van der Waals surface area (Å²) < 4.78 is 32.8. The second-order valence-corrected chi connectivity index (χ2v) is 7.85. The van der Waals surface area contributed by atoms with E-state index in [0.717, 1.165) is 41.9 Å². The molecule has 1 atom stereocenters. The normalized spacial score (nSPS) is 19.3. The van der Waals surface area contributed by atoms with Crippen LogP contribution in [0.1, 0.15) is 30.2 Å². The quantitative estimate of drug-likeness (QED) is 0.944. The van der Waals surface area contributed by atoms with E-state index in [1.807, 2.05) is 6.07 Å². The van der Waals surface area contributed by atoms with Crippen LogP contribution in [0.4, 0.5) is 0 Å². The summed E-state index contributed by atoms with van der Waals surface area (Å²) in [6, 6.07) is 1.58. The lowest BCUT2D eigenvalue weighted by Gasteiger charge is -2.22. The second kappa shape index (κ2) is 4.90. The molecule has 1 N–H and O–H groups in total. The molecule has 0 aromatic carbocycles. The SMILES string of the molecule is O=S(=O)(NC1CCCc2occc21)c1cnc(Cl)s1. The molecule has 0 radical (unpaired) electrons. The van der Waals surface area contributed by atoms with Crippen LogP contribution in [0.15, 0.2) is 27.2 Å². The van der Waals surface area contributed by atoms with Crippen molar-refractivity contribution in [2.24, 2.45) is 0 Å². The van der Waals surface area contributed by atoms with Gasteiger partial charge in [-0.05, 0) is 18.9 Å². The molecular formula is C11H11ClN2O3S2. The highest BCUT2D eigenvalue weighted by molar-refractivity contribution is 7.91. The van der Waals surface area contributed by atoms with E-state index in [1.54, 1.807) is 6.26 Å². The first-order chi connectivity index (χ1) is 9.06. The molecule has 0 bridgehead atoms. The van der Waals surface area contributed by atoms with Gasteiger partial charge >= 0.3 is 0 Å². The van der Waals surface area contributed by atoms with Gasteiger partial charge < -0.3 is 4.42 Å². The van der Waals surface area contributed by atoms with Gasteiger partial charge in [0, 0.05) is 12.0 Å². The Morgan fingerprint density at radius 1 is 1.53 bits per heavy atom. The van der Waals surface area contributed by atoms with Crippen molar-refractivity contribution in [2.75, 3.05) is 0 Å². The highest BCUT2D eigenvalue weighted by Crippen LogP contribution is 2.32. The van der Waals surface area contributed by atoms with Crippen molar-refractivity contribution in [3.63, 3.8) is 0 Å². The number of hydrogen-bond acceptors (Lipinski definition) is 5. The van der Waals surface area contributed by atoms with E-state index in [9.17, 15) is 8.42 Å². The Morgan fingerprint density at radius 3 is 3.11 bits per heavy atom. The van der Waals surface area contributed by atoms with E-state index in [1.165, 1.54) is 6.20 Å². The second-order valence-electron chi connectivity index (χ2n) is 4.30. The van der Waals surface area contributed by atoms with Crippen molar-refractivity contribution in [3.05, 3.63) is 34.3 Å². The zero-order valence-electron chi connectivity index (χ0n) is 9.80. The van der Waals surface area contributed by atoms with Crippen LogP contribution in [0.25, 0.3) is 0 Å². The van der Waals surface area contributed by atoms with Gasteiger partial charge in [0.2, 0.25) is 0 Å². The molecular weight excluding hydrogens is 308 g/mol. The van der Waals surface area contributed by atoms with Crippen molar-refractivity contribution in [3.8, 4) is 0 Å². The summed E-state index contributed by atoms with van der Waals surface area (Å²) in [5, 5.41) is 0. The fourth-order valence-electron chi connectivity index (χ4n) is 2.22. The molecule has 1 aliphatic carbocycles. The predicted molar refractivity (Wildman–Crippen MR) is 71.8 cm³/mol. The molecule has 19 heavy (non-hydrogen) atoms. The predicted octanol–water partition coefficient (Wildman–Crippen LogP) is 2.75. The number of nitrogens with zero attached hydrogens (tertiary/aromatic N) is 1. The Kier molecular flexibility index (Phi) is 3.38. The number of furan rings is 1. The molecule has 5 nitrogen and oxygen atoms in total. The molecule has 2 heterocycles. The average molecular weight is 319 g/mol. The monoisotopic (exact) mass is 318 g/mol. The van der Waals surface area contributed by atoms with Crippen molar-refractivity contribution in [2.45, 2.75) is 29.5 Å². The average Bonchev–Trinajstić information content (AvgIpc) is 2.97. The highest BCUT2D eigenvalue weighted by Gasteiger charge is 2.28. The highest BCUT2D eigenvalue weighted by atomic mass is 35.5. The molecule has 1 aliphatic rings. The Labute approximate surface area is 119 Å². The van der Waals surface area contributed by atoms with E-state index < -0.39 is 10.0 Å². The molecule has 3 rings (SSSR count). The number of nitrogens with one attached hydrogen (secondary N) is 1. The van der Waals surface area contributed by atoms with Crippen molar-refractivity contribution in [1.29, 1.82) is 0 Å². The number of sulfonamides is 1. The summed E-state index contributed by atoms with van der Waals surface area (Å²) in [6.45, 7) is 0. The minimum absolute atomic E-state index is 0.133. The minimum atomic E-state index is -3.58. The Morgan fingerprint density at radius 2 is 2.37 bits per heavy atom. The van der Waals surface area contributed by atoms with Gasteiger partial charge in [0.05, 0.1) is 18.5 Å². The van der Waals surface area contributed by atoms with Gasteiger partial charge in [-0.1, -0.05) is 22.9 Å². The lowest BCUT2D eigenvalue weighted by molar-refractivity contribution is 0.438. The summed E-state index contributed by atoms with van der Waals surface area (Å²) in [5.41, 5.74) is 0.922. The maximum Gasteiger partial charge on any atom is 0.252 e. The Hall–Kier alpha value is -0.890. The zero-order chi connectivity index (χ0) is 13.5. The molecule has 0 aliphatic heterocycles. The van der Waals surface area contributed by atoms with Gasteiger partial charge in [0.15, 0.2) is 8.68 Å². The first-order valence-electron chi connectivity index (χ1n) is 5.76. The molecule has 2 aromatic rings. The molecule has 1 unspecified atom stereocenters. The summed E-state index contributed by atoms with van der Waals surface area (Å²) in [5.74, 6) is 0.862. The molecule has 0 saturated carbocycles. The Balaban J connectivity index is 1.87. The van der Waals surface area contributed by atoms with Gasteiger partial charge in [0.1, 0.15) is 5.76 Å². The molecule has 0 spiro atoms. The van der Waals surface area contributed by atoms with Crippen molar-refractivity contribution in [1.82, 2.24) is 9.71 Å². The van der Waals surface area contributed by atoms with E-state index in [2.05, 4.69) is 9.71 Å². The Bertz CT molecular complexity index is 692. The summed E-state index contributed by atoms with van der Waals surface area (Å²) in [7, 11) is -3.58. The smallest absolute Gasteiger partial charge is 0.252 e. The molecule has 8 heteroatoms.